The van der Waals surface area contributed by atoms with Crippen molar-refractivity contribution in [2.45, 2.75) is 51.3 Å². The van der Waals surface area contributed by atoms with Gasteiger partial charge in [-0.05, 0) is 50.4 Å². The summed E-state index contributed by atoms with van der Waals surface area (Å²) in [6.45, 7) is 0.259. The molecule has 1 aromatic carbocycles. The van der Waals surface area contributed by atoms with Crippen LogP contribution in [0.4, 0.5) is 8.78 Å². The molecule has 7 heteroatoms. The minimum absolute atomic E-state index is 0. The Kier molecular flexibility index (Phi) is 8.26. The van der Waals surface area contributed by atoms with Crippen LogP contribution < -0.4 is 15.4 Å². The highest BCUT2D eigenvalue weighted by Crippen LogP contribution is 2.16. The van der Waals surface area contributed by atoms with Crippen molar-refractivity contribution >= 4 is 18.3 Å². The number of carbonyl (C=O) groups excluding carboxylic acids is 1. The SMILES string of the molecule is CC1NCCCC1NC(=O)CCc1ccc(OC(F)F)cc1.Cl. The standard InChI is InChI=1S/C16H22F2N2O2.ClH/c1-11-14(3-2-10-19-11)20-15(21)9-6-12-4-7-13(8-5-12)22-16(17)18;/h4-5,7-8,11,14,16,19H,2-3,6,9-10H2,1H3,(H,20,21);1H. The summed E-state index contributed by atoms with van der Waals surface area (Å²) in [4.78, 5) is 12.0. The van der Waals surface area contributed by atoms with Gasteiger partial charge in [-0.1, -0.05) is 12.1 Å². The molecule has 0 aliphatic carbocycles. The minimum atomic E-state index is -2.82. The summed E-state index contributed by atoms with van der Waals surface area (Å²) in [5.74, 6) is 0.152. The molecule has 1 heterocycles. The van der Waals surface area contributed by atoms with Crippen molar-refractivity contribution in [2.24, 2.45) is 0 Å². The Morgan fingerprint density at radius 2 is 2.09 bits per heavy atom. The van der Waals surface area contributed by atoms with Crippen molar-refractivity contribution in [3.63, 3.8) is 0 Å². The van der Waals surface area contributed by atoms with Crippen molar-refractivity contribution in [3.8, 4) is 5.75 Å². The Hall–Kier alpha value is -1.40. The van der Waals surface area contributed by atoms with Crippen LogP contribution in [0.15, 0.2) is 24.3 Å². The molecule has 2 unspecified atom stereocenters. The molecule has 0 bridgehead atoms. The lowest BCUT2D eigenvalue weighted by atomic mass is 9.99. The molecule has 130 valence electrons. The first-order chi connectivity index (χ1) is 10.5. The molecule has 1 aliphatic rings. The lowest BCUT2D eigenvalue weighted by Gasteiger charge is -2.30. The van der Waals surface area contributed by atoms with Crippen molar-refractivity contribution in [2.75, 3.05) is 6.54 Å². The summed E-state index contributed by atoms with van der Waals surface area (Å²) in [6, 6.07) is 6.87. The second kappa shape index (κ2) is 9.67. The number of aryl methyl sites for hydroxylation is 1. The third-order valence-electron chi connectivity index (χ3n) is 3.90. The van der Waals surface area contributed by atoms with E-state index in [1.807, 2.05) is 0 Å². The fourth-order valence-electron chi connectivity index (χ4n) is 2.62. The number of alkyl halides is 2. The number of piperidine rings is 1. The first-order valence-electron chi connectivity index (χ1n) is 7.61. The largest absolute Gasteiger partial charge is 0.435 e. The quantitative estimate of drug-likeness (QED) is 0.831. The fourth-order valence-corrected chi connectivity index (χ4v) is 2.62. The molecule has 2 rings (SSSR count). The van der Waals surface area contributed by atoms with Crippen LogP contribution in [0.2, 0.25) is 0 Å². The van der Waals surface area contributed by atoms with E-state index in [-0.39, 0.29) is 30.1 Å². The Bertz CT molecular complexity index is 485. The van der Waals surface area contributed by atoms with Gasteiger partial charge in [0.05, 0.1) is 0 Å². The van der Waals surface area contributed by atoms with Gasteiger partial charge < -0.3 is 15.4 Å². The van der Waals surface area contributed by atoms with Crippen LogP contribution in [0, 0.1) is 0 Å². The van der Waals surface area contributed by atoms with Crippen molar-refractivity contribution in [1.29, 1.82) is 0 Å². The number of halogens is 3. The Morgan fingerprint density at radius 1 is 1.39 bits per heavy atom. The van der Waals surface area contributed by atoms with Gasteiger partial charge in [0.25, 0.3) is 0 Å². The zero-order chi connectivity index (χ0) is 15.9. The highest BCUT2D eigenvalue weighted by Gasteiger charge is 2.21. The number of benzene rings is 1. The molecule has 23 heavy (non-hydrogen) atoms. The molecule has 0 saturated carbocycles. The van der Waals surface area contributed by atoms with E-state index in [2.05, 4.69) is 22.3 Å². The molecule has 0 radical (unpaired) electrons. The van der Waals surface area contributed by atoms with Crippen LogP contribution in [-0.2, 0) is 11.2 Å². The number of hydrogen-bond acceptors (Lipinski definition) is 3. The van der Waals surface area contributed by atoms with E-state index in [9.17, 15) is 13.6 Å². The van der Waals surface area contributed by atoms with E-state index in [0.29, 0.717) is 18.9 Å². The van der Waals surface area contributed by atoms with E-state index in [1.165, 1.54) is 12.1 Å². The molecular weight excluding hydrogens is 326 g/mol. The number of nitrogens with one attached hydrogen (secondary N) is 2. The van der Waals surface area contributed by atoms with Crippen LogP contribution in [0.1, 0.15) is 31.7 Å². The van der Waals surface area contributed by atoms with Crippen molar-refractivity contribution in [1.82, 2.24) is 10.6 Å². The van der Waals surface area contributed by atoms with Gasteiger partial charge in [0, 0.05) is 18.5 Å². The number of carbonyl (C=O) groups is 1. The highest BCUT2D eigenvalue weighted by atomic mass is 35.5. The summed E-state index contributed by atoms with van der Waals surface area (Å²) in [5.41, 5.74) is 0.923. The number of ether oxygens (including phenoxy) is 1. The second-order valence-electron chi connectivity index (χ2n) is 5.58. The normalized spacial score (nSPS) is 20.7. The van der Waals surface area contributed by atoms with E-state index in [1.54, 1.807) is 12.1 Å². The van der Waals surface area contributed by atoms with E-state index < -0.39 is 6.61 Å². The number of rotatable bonds is 6. The van der Waals surface area contributed by atoms with Gasteiger partial charge in [0.2, 0.25) is 5.91 Å². The molecule has 2 N–H and O–H groups in total. The second-order valence-corrected chi connectivity index (χ2v) is 5.58. The summed E-state index contributed by atoms with van der Waals surface area (Å²) in [5, 5.41) is 6.39. The summed E-state index contributed by atoms with van der Waals surface area (Å²) < 4.78 is 28.4. The van der Waals surface area contributed by atoms with Crippen LogP contribution in [0.3, 0.4) is 0 Å². The average molecular weight is 349 g/mol. The van der Waals surface area contributed by atoms with E-state index in [0.717, 1.165) is 24.9 Å². The van der Waals surface area contributed by atoms with E-state index >= 15 is 0 Å². The maximum absolute atomic E-state index is 12.0. The molecule has 1 fully saturated rings. The maximum Gasteiger partial charge on any atom is 0.387 e. The molecule has 1 aromatic rings. The lowest BCUT2D eigenvalue weighted by molar-refractivity contribution is -0.122. The third-order valence-corrected chi connectivity index (χ3v) is 3.90. The lowest BCUT2D eigenvalue weighted by Crippen LogP contribution is -2.51. The topological polar surface area (TPSA) is 50.4 Å². The zero-order valence-electron chi connectivity index (χ0n) is 13.1. The highest BCUT2D eigenvalue weighted by molar-refractivity contribution is 5.85. The minimum Gasteiger partial charge on any atom is -0.435 e. The van der Waals surface area contributed by atoms with Crippen LogP contribution >= 0.6 is 12.4 Å². The van der Waals surface area contributed by atoms with Gasteiger partial charge >= 0.3 is 6.61 Å². The molecule has 1 aliphatic heterocycles. The Balaban J connectivity index is 0.00000264. The third kappa shape index (κ3) is 6.71. The number of hydrogen-bond donors (Lipinski definition) is 2. The molecule has 2 atom stereocenters. The Labute approximate surface area is 141 Å². The predicted octanol–water partition coefficient (Wildman–Crippen LogP) is 2.90. The summed E-state index contributed by atoms with van der Waals surface area (Å²) in [7, 11) is 0. The van der Waals surface area contributed by atoms with Crippen molar-refractivity contribution < 1.29 is 18.3 Å². The molecule has 0 spiro atoms. The van der Waals surface area contributed by atoms with Gasteiger partial charge in [0.15, 0.2) is 0 Å². The van der Waals surface area contributed by atoms with Crippen LogP contribution in [0.5, 0.6) is 5.75 Å². The maximum atomic E-state index is 12.0. The van der Waals surface area contributed by atoms with Gasteiger partial charge in [-0.15, -0.1) is 12.4 Å². The summed E-state index contributed by atoms with van der Waals surface area (Å²) >= 11 is 0. The molecule has 0 aromatic heterocycles. The molecular formula is C16H23ClF2N2O2. The molecule has 4 nitrogen and oxygen atoms in total. The number of amides is 1. The Morgan fingerprint density at radius 3 is 2.70 bits per heavy atom. The first kappa shape index (κ1) is 19.6. The fraction of sp³-hybridized carbons (Fsp3) is 0.562. The summed E-state index contributed by atoms with van der Waals surface area (Å²) in [6.07, 6.45) is 3.04. The first-order valence-corrected chi connectivity index (χ1v) is 7.61. The molecule has 1 amide bonds. The average Bonchev–Trinajstić information content (AvgIpc) is 2.48. The monoisotopic (exact) mass is 348 g/mol. The van der Waals surface area contributed by atoms with Gasteiger partial charge in [-0.25, -0.2) is 0 Å². The van der Waals surface area contributed by atoms with Crippen molar-refractivity contribution in [3.05, 3.63) is 29.8 Å². The van der Waals surface area contributed by atoms with Gasteiger partial charge in [-0.3, -0.25) is 4.79 Å². The van der Waals surface area contributed by atoms with Crippen LogP contribution in [-0.4, -0.2) is 31.1 Å². The van der Waals surface area contributed by atoms with Crippen LogP contribution in [0.25, 0.3) is 0 Å². The predicted molar refractivity (Wildman–Crippen MR) is 87.3 cm³/mol. The van der Waals surface area contributed by atoms with Gasteiger partial charge in [-0.2, -0.15) is 8.78 Å². The molecule has 1 saturated heterocycles. The van der Waals surface area contributed by atoms with E-state index in [4.69, 9.17) is 0 Å². The smallest absolute Gasteiger partial charge is 0.387 e. The van der Waals surface area contributed by atoms with Gasteiger partial charge in [0.1, 0.15) is 5.75 Å². The zero-order valence-corrected chi connectivity index (χ0v) is 13.9.